The van der Waals surface area contributed by atoms with Crippen molar-refractivity contribution in [1.82, 2.24) is 0 Å². The van der Waals surface area contributed by atoms with E-state index < -0.39 is 0 Å². The molecule has 8 atom stereocenters. The first-order valence-electron chi connectivity index (χ1n) is 9.74. The lowest BCUT2D eigenvalue weighted by molar-refractivity contribution is -0.171. The molecule has 2 N–H and O–H groups in total. The van der Waals surface area contributed by atoms with Crippen molar-refractivity contribution in [1.29, 1.82) is 0 Å². The number of carbonyl (C=O) groups is 1. The highest BCUT2D eigenvalue weighted by atomic mass is 16.3. The van der Waals surface area contributed by atoms with E-state index in [1.54, 1.807) is 0 Å². The van der Waals surface area contributed by atoms with Gasteiger partial charge in [-0.2, -0.15) is 0 Å². The number of Topliss-reactive ketones (excluding diaryl/α,β-unsaturated/α-hetero) is 1. The molecule has 3 nitrogen and oxygen atoms in total. The molecule has 0 spiro atoms. The lowest BCUT2D eigenvalue weighted by Crippen LogP contribution is -2.58. The third kappa shape index (κ3) is 2.05. The van der Waals surface area contributed by atoms with Gasteiger partial charge in [0.2, 0.25) is 0 Å². The lowest BCUT2D eigenvalue weighted by atomic mass is 9.43. The predicted molar refractivity (Wildman–Crippen MR) is 88.7 cm³/mol. The molecule has 23 heavy (non-hydrogen) atoms. The highest BCUT2D eigenvalue weighted by molar-refractivity contribution is 5.87. The second kappa shape index (κ2) is 5.29. The van der Waals surface area contributed by atoms with Crippen molar-refractivity contribution < 1.29 is 15.0 Å². The summed E-state index contributed by atoms with van der Waals surface area (Å²) in [4.78, 5) is 12.5. The van der Waals surface area contributed by atoms with Gasteiger partial charge in [0.05, 0.1) is 6.10 Å². The summed E-state index contributed by atoms with van der Waals surface area (Å²) in [5.41, 5.74) is -0.0763. The standard InChI is InChI=1S/C20H32O3/c1-12-9-14-15-3-4-18(23)19(15,2)7-6-16(14)20(11-21)8-5-13(22)10-17(12)20/h12-17,21-22H,3-11H2,1-2H3/t12-,13-,14-,15-,16-,17+,19-,20-/m0/s1. The van der Waals surface area contributed by atoms with Gasteiger partial charge in [-0.1, -0.05) is 13.8 Å². The Kier molecular flexibility index (Phi) is 3.70. The highest BCUT2D eigenvalue weighted by Gasteiger charge is 2.62. The van der Waals surface area contributed by atoms with E-state index >= 15 is 0 Å². The van der Waals surface area contributed by atoms with Crippen molar-refractivity contribution in [2.24, 2.45) is 40.4 Å². The van der Waals surface area contributed by atoms with Crippen molar-refractivity contribution in [3.05, 3.63) is 0 Å². The first kappa shape index (κ1) is 16.1. The third-order valence-corrected chi connectivity index (χ3v) is 8.72. The average Bonchev–Trinajstić information content (AvgIpc) is 2.84. The second-order valence-corrected chi connectivity index (χ2v) is 9.43. The number of aliphatic hydroxyl groups excluding tert-OH is 2. The Morgan fingerprint density at radius 2 is 1.87 bits per heavy atom. The van der Waals surface area contributed by atoms with Crippen molar-refractivity contribution in [2.45, 2.75) is 71.3 Å². The van der Waals surface area contributed by atoms with Crippen LogP contribution >= 0.6 is 0 Å². The summed E-state index contributed by atoms with van der Waals surface area (Å²) in [7, 11) is 0. The maximum Gasteiger partial charge on any atom is 0.139 e. The van der Waals surface area contributed by atoms with Gasteiger partial charge < -0.3 is 10.2 Å². The minimum absolute atomic E-state index is 0.00846. The highest BCUT2D eigenvalue weighted by Crippen LogP contribution is 2.66. The van der Waals surface area contributed by atoms with Gasteiger partial charge in [-0.15, -0.1) is 0 Å². The van der Waals surface area contributed by atoms with Crippen LogP contribution in [0, 0.1) is 40.4 Å². The maximum atomic E-state index is 12.5. The number of fused-ring (bicyclic) bond motifs is 5. The normalized spacial score (nSPS) is 55.9. The molecule has 0 saturated heterocycles. The molecule has 4 aliphatic rings. The van der Waals surface area contributed by atoms with Crippen LogP contribution in [0.1, 0.15) is 65.2 Å². The molecule has 4 rings (SSSR count). The predicted octanol–water partition coefficient (Wildman–Crippen LogP) is 3.18. The summed E-state index contributed by atoms with van der Waals surface area (Å²) in [5, 5.41) is 20.6. The van der Waals surface area contributed by atoms with Gasteiger partial charge in [-0.05, 0) is 80.0 Å². The average molecular weight is 320 g/mol. The molecule has 0 bridgehead atoms. The van der Waals surface area contributed by atoms with Crippen LogP contribution in [0.5, 0.6) is 0 Å². The minimum Gasteiger partial charge on any atom is -0.396 e. The molecular weight excluding hydrogens is 288 g/mol. The quantitative estimate of drug-likeness (QED) is 0.780. The van der Waals surface area contributed by atoms with Crippen molar-refractivity contribution >= 4 is 5.78 Å². The van der Waals surface area contributed by atoms with E-state index in [2.05, 4.69) is 13.8 Å². The molecule has 0 heterocycles. The Bertz CT molecular complexity index is 503. The van der Waals surface area contributed by atoms with Crippen LogP contribution in [0.15, 0.2) is 0 Å². The summed E-state index contributed by atoms with van der Waals surface area (Å²) in [5.74, 6) is 3.20. The lowest BCUT2D eigenvalue weighted by Gasteiger charge is -2.62. The number of ketones is 1. The van der Waals surface area contributed by atoms with Gasteiger partial charge in [0.25, 0.3) is 0 Å². The molecule has 0 aliphatic heterocycles. The first-order chi connectivity index (χ1) is 10.9. The second-order valence-electron chi connectivity index (χ2n) is 9.43. The topological polar surface area (TPSA) is 57.5 Å². The van der Waals surface area contributed by atoms with E-state index in [0.29, 0.717) is 35.4 Å². The Labute approximate surface area is 139 Å². The van der Waals surface area contributed by atoms with Crippen LogP contribution in [0.4, 0.5) is 0 Å². The summed E-state index contributed by atoms with van der Waals surface area (Å²) >= 11 is 0. The van der Waals surface area contributed by atoms with Crippen molar-refractivity contribution in [3.8, 4) is 0 Å². The first-order valence-corrected chi connectivity index (χ1v) is 9.74. The molecular formula is C20H32O3. The maximum absolute atomic E-state index is 12.5. The largest absolute Gasteiger partial charge is 0.396 e. The molecule has 4 fully saturated rings. The van der Waals surface area contributed by atoms with E-state index in [0.717, 1.165) is 44.9 Å². The SMILES string of the molecule is C[C@H]1C[C@@H]2[C@H](CC[C@]3(C)C(=O)CC[C@@H]23)[C@@]2(CO)CC[C@H](O)C[C@H]12. The van der Waals surface area contributed by atoms with Gasteiger partial charge in [0, 0.05) is 18.4 Å². The summed E-state index contributed by atoms with van der Waals surface area (Å²) in [6.45, 7) is 4.82. The molecule has 0 amide bonds. The summed E-state index contributed by atoms with van der Waals surface area (Å²) < 4.78 is 0. The molecule has 0 aromatic rings. The van der Waals surface area contributed by atoms with E-state index in [1.807, 2.05) is 0 Å². The Morgan fingerprint density at radius 1 is 1.09 bits per heavy atom. The molecule has 4 aliphatic carbocycles. The monoisotopic (exact) mass is 320 g/mol. The number of carbonyl (C=O) groups excluding carboxylic acids is 1. The molecule has 0 radical (unpaired) electrons. The number of rotatable bonds is 1. The Hall–Kier alpha value is -0.410. The summed E-state index contributed by atoms with van der Waals surface area (Å²) in [6.07, 6.45) is 7.65. The van der Waals surface area contributed by atoms with Crippen LogP contribution in [-0.4, -0.2) is 28.7 Å². The number of hydrogen-bond donors (Lipinski definition) is 2. The molecule has 130 valence electrons. The fraction of sp³-hybridized carbons (Fsp3) is 0.950. The third-order valence-electron chi connectivity index (χ3n) is 8.72. The zero-order valence-corrected chi connectivity index (χ0v) is 14.6. The van der Waals surface area contributed by atoms with Gasteiger partial charge in [0.1, 0.15) is 5.78 Å². The van der Waals surface area contributed by atoms with Crippen molar-refractivity contribution in [3.63, 3.8) is 0 Å². The molecule has 3 heteroatoms. The van der Waals surface area contributed by atoms with E-state index in [9.17, 15) is 15.0 Å². The van der Waals surface area contributed by atoms with Gasteiger partial charge >= 0.3 is 0 Å². The van der Waals surface area contributed by atoms with Crippen LogP contribution < -0.4 is 0 Å². The van der Waals surface area contributed by atoms with E-state index in [-0.39, 0.29) is 23.5 Å². The van der Waals surface area contributed by atoms with Crippen LogP contribution in [0.3, 0.4) is 0 Å². The van der Waals surface area contributed by atoms with E-state index in [1.165, 1.54) is 6.42 Å². The van der Waals surface area contributed by atoms with Crippen molar-refractivity contribution in [2.75, 3.05) is 6.61 Å². The zero-order chi connectivity index (χ0) is 16.4. The molecule has 4 saturated carbocycles. The molecule has 0 aromatic heterocycles. The van der Waals surface area contributed by atoms with Crippen LogP contribution in [-0.2, 0) is 4.79 Å². The van der Waals surface area contributed by atoms with Gasteiger partial charge in [-0.25, -0.2) is 0 Å². The summed E-state index contributed by atoms with van der Waals surface area (Å²) in [6, 6.07) is 0. The fourth-order valence-electron chi connectivity index (χ4n) is 7.53. The smallest absolute Gasteiger partial charge is 0.139 e. The van der Waals surface area contributed by atoms with E-state index in [4.69, 9.17) is 0 Å². The molecule has 0 aromatic carbocycles. The number of aliphatic hydroxyl groups is 2. The van der Waals surface area contributed by atoms with Crippen LogP contribution in [0.2, 0.25) is 0 Å². The van der Waals surface area contributed by atoms with Gasteiger partial charge in [0.15, 0.2) is 0 Å². The molecule has 0 unspecified atom stereocenters. The van der Waals surface area contributed by atoms with Gasteiger partial charge in [-0.3, -0.25) is 4.79 Å². The minimum atomic E-state index is -0.180. The zero-order valence-electron chi connectivity index (χ0n) is 14.6. The number of hydrogen-bond acceptors (Lipinski definition) is 3. The Balaban J connectivity index is 1.70. The van der Waals surface area contributed by atoms with Crippen LogP contribution in [0.25, 0.3) is 0 Å². The Morgan fingerprint density at radius 3 is 2.61 bits per heavy atom. The fourth-order valence-corrected chi connectivity index (χ4v) is 7.53.